The van der Waals surface area contributed by atoms with Gasteiger partial charge in [-0.25, -0.2) is 0 Å². The van der Waals surface area contributed by atoms with Crippen LogP contribution in [0.4, 0.5) is 0 Å². The van der Waals surface area contributed by atoms with Crippen LogP contribution in [-0.2, 0) is 0 Å². The van der Waals surface area contributed by atoms with E-state index in [0.29, 0.717) is 5.92 Å². The second kappa shape index (κ2) is 6.53. The van der Waals surface area contributed by atoms with E-state index in [9.17, 15) is 5.11 Å². The molecule has 0 bridgehead atoms. The summed E-state index contributed by atoms with van der Waals surface area (Å²) in [4.78, 5) is 0. The van der Waals surface area contributed by atoms with Crippen LogP contribution >= 0.6 is 0 Å². The van der Waals surface area contributed by atoms with E-state index < -0.39 is 0 Å². The van der Waals surface area contributed by atoms with E-state index in [0.717, 1.165) is 25.3 Å². The molecule has 0 radical (unpaired) electrons. The summed E-state index contributed by atoms with van der Waals surface area (Å²) in [6.45, 7) is 5.75. The number of hydrogen-bond acceptors (Lipinski definition) is 2. The molecule has 0 saturated heterocycles. The molecule has 3 unspecified atom stereocenters. The molecule has 2 rings (SSSR count). The lowest BCUT2D eigenvalue weighted by atomic mass is 9.76. The molecular weight excluding hydrogens is 234 g/mol. The molecule has 1 aliphatic carbocycles. The fourth-order valence-corrected chi connectivity index (χ4v) is 3.29. The smallest absolute Gasteiger partial charge is 0.0613 e. The molecule has 0 spiro atoms. The van der Waals surface area contributed by atoms with Crippen molar-refractivity contribution in [2.45, 2.75) is 51.0 Å². The zero-order valence-electron chi connectivity index (χ0n) is 12.2. The zero-order valence-corrected chi connectivity index (χ0v) is 12.2. The van der Waals surface area contributed by atoms with Crippen LogP contribution in [0.25, 0.3) is 0 Å². The van der Waals surface area contributed by atoms with Crippen molar-refractivity contribution >= 4 is 0 Å². The number of benzene rings is 1. The predicted octanol–water partition coefficient (Wildman–Crippen LogP) is 3.32. The van der Waals surface area contributed by atoms with Gasteiger partial charge in [0.15, 0.2) is 0 Å². The Morgan fingerprint density at radius 3 is 2.74 bits per heavy atom. The van der Waals surface area contributed by atoms with Crippen molar-refractivity contribution in [2.24, 2.45) is 5.92 Å². The van der Waals surface area contributed by atoms with Crippen LogP contribution < -0.4 is 5.32 Å². The van der Waals surface area contributed by atoms with Gasteiger partial charge in [0.1, 0.15) is 0 Å². The van der Waals surface area contributed by atoms with E-state index in [1.807, 2.05) is 0 Å². The van der Waals surface area contributed by atoms with Crippen LogP contribution in [0.5, 0.6) is 0 Å². The number of aliphatic hydroxyl groups is 1. The highest BCUT2D eigenvalue weighted by Gasteiger charge is 2.34. The monoisotopic (exact) mass is 261 g/mol. The third-order valence-corrected chi connectivity index (χ3v) is 4.55. The lowest BCUT2D eigenvalue weighted by Gasteiger charge is -2.40. The van der Waals surface area contributed by atoms with Gasteiger partial charge in [-0.05, 0) is 30.2 Å². The van der Waals surface area contributed by atoms with Crippen molar-refractivity contribution < 1.29 is 5.11 Å². The minimum Gasteiger partial charge on any atom is -0.394 e. The molecule has 1 aromatic rings. The van der Waals surface area contributed by atoms with E-state index in [-0.39, 0.29) is 12.1 Å². The standard InChI is InChI=1S/C17H27NO/c1-14-7-6-10-17(11-14,13-19)18-12-15(2)16-8-4-3-5-9-16/h3-5,8-9,14-15,18-19H,6-7,10-13H2,1-2H3. The SMILES string of the molecule is CC1CCCC(CO)(NCC(C)c2ccccc2)C1. The highest BCUT2D eigenvalue weighted by Crippen LogP contribution is 2.32. The maximum atomic E-state index is 9.78. The minimum atomic E-state index is -0.0410. The van der Waals surface area contributed by atoms with Crippen molar-refractivity contribution in [3.05, 3.63) is 35.9 Å². The van der Waals surface area contributed by atoms with Gasteiger partial charge in [0.2, 0.25) is 0 Å². The summed E-state index contributed by atoms with van der Waals surface area (Å²) < 4.78 is 0. The Labute approximate surface area is 117 Å². The number of hydrogen-bond donors (Lipinski definition) is 2. The maximum absolute atomic E-state index is 9.78. The zero-order chi connectivity index (χ0) is 13.7. The van der Waals surface area contributed by atoms with E-state index in [1.54, 1.807) is 0 Å². The Morgan fingerprint density at radius 2 is 2.11 bits per heavy atom. The first-order valence-electron chi connectivity index (χ1n) is 7.56. The molecule has 0 heterocycles. The Bertz CT molecular complexity index is 378. The van der Waals surface area contributed by atoms with Gasteiger partial charge in [-0.1, -0.05) is 57.0 Å². The van der Waals surface area contributed by atoms with Crippen LogP contribution in [0.15, 0.2) is 30.3 Å². The molecule has 3 atom stereocenters. The van der Waals surface area contributed by atoms with E-state index >= 15 is 0 Å². The van der Waals surface area contributed by atoms with Gasteiger partial charge in [0.05, 0.1) is 6.61 Å². The average Bonchev–Trinajstić information content (AvgIpc) is 2.46. The second-order valence-corrected chi connectivity index (χ2v) is 6.33. The molecule has 1 fully saturated rings. The molecule has 0 aromatic heterocycles. The lowest BCUT2D eigenvalue weighted by Crippen LogP contribution is -2.52. The van der Waals surface area contributed by atoms with Crippen LogP contribution in [-0.4, -0.2) is 23.8 Å². The molecular formula is C17H27NO. The molecule has 0 amide bonds. The first-order chi connectivity index (χ1) is 9.15. The van der Waals surface area contributed by atoms with Crippen LogP contribution in [0.1, 0.15) is 51.0 Å². The summed E-state index contributed by atoms with van der Waals surface area (Å²) in [5.41, 5.74) is 1.33. The summed E-state index contributed by atoms with van der Waals surface area (Å²) in [5, 5.41) is 13.4. The molecule has 19 heavy (non-hydrogen) atoms. The van der Waals surface area contributed by atoms with E-state index in [4.69, 9.17) is 0 Å². The Morgan fingerprint density at radius 1 is 1.37 bits per heavy atom. The van der Waals surface area contributed by atoms with Gasteiger partial charge in [-0.15, -0.1) is 0 Å². The van der Waals surface area contributed by atoms with Gasteiger partial charge >= 0.3 is 0 Å². The fraction of sp³-hybridized carbons (Fsp3) is 0.647. The average molecular weight is 261 g/mol. The molecule has 1 aliphatic rings. The number of nitrogens with one attached hydrogen (secondary N) is 1. The third-order valence-electron chi connectivity index (χ3n) is 4.55. The van der Waals surface area contributed by atoms with Gasteiger partial charge in [-0.2, -0.15) is 0 Å². The van der Waals surface area contributed by atoms with Crippen molar-refractivity contribution in [2.75, 3.05) is 13.2 Å². The molecule has 2 N–H and O–H groups in total. The Hall–Kier alpha value is -0.860. The number of rotatable bonds is 5. The molecule has 106 valence electrons. The Kier molecular flexibility index (Phi) is 5.00. The van der Waals surface area contributed by atoms with Crippen molar-refractivity contribution in [3.8, 4) is 0 Å². The van der Waals surface area contributed by atoms with Crippen LogP contribution in [0.3, 0.4) is 0 Å². The van der Waals surface area contributed by atoms with Gasteiger partial charge in [-0.3, -0.25) is 0 Å². The van der Waals surface area contributed by atoms with Crippen molar-refractivity contribution in [3.63, 3.8) is 0 Å². The largest absolute Gasteiger partial charge is 0.394 e. The van der Waals surface area contributed by atoms with Gasteiger partial charge in [0.25, 0.3) is 0 Å². The molecule has 0 aliphatic heterocycles. The van der Waals surface area contributed by atoms with E-state index in [1.165, 1.54) is 18.4 Å². The Balaban J connectivity index is 1.92. The molecule has 1 aromatic carbocycles. The first-order valence-corrected chi connectivity index (χ1v) is 7.56. The van der Waals surface area contributed by atoms with E-state index in [2.05, 4.69) is 49.5 Å². The lowest BCUT2D eigenvalue weighted by molar-refractivity contribution is 0.0987. The summed E-state index contributed by atoms with van der Waals surface area (Å²) >= 11 is 0. The van der Waals surface area contributed by atoms with Gasteiger partial charge in [0, 0.05) is 12.1 Å². The van der Waals surface area contributed by atoms with Gasteiger partial charge < -0.3 is 10.4 Å². The fourth-order valence-electron chi connectivity index (χ4n) is 3.29. The summed E-state index contributed by atoms with van der Waals surface area (Å²) in [6, 6.07) is 10.6. The minimum absolute atomic E-state index is 0.0410. The highest BCUT2D eigenvalue weighted by atomic mass is 16.3. The summed E-state index contributed by atoms with van der Waals surface area (Å²) in [5.74, 6) is 1.21. The maximum Gasteiger partial charge on any atom is 0.0613 e. The predicted molar refractivity (Wildman–Crippen MR) is 80.3 cm³/mol. The van der Waals surface area contributed by atoms with Crippen molar-refractivity contribution in [1.29, 1.82) is 0 Å². The summed E-state index contributed by atoms with van der Waals surface area (Å²) in [6.07, 6.45) is 4.74. The van der Waals surface area contributed by atoms with Crippen molar-refractivity contribution in [1.82, 2.24) is 5.32 Å². The molecule has 1 saturated carbocycles. The third kappa shape index (κ3) is 3.80. The molecule has 2 nitrogen and oxygen atoms in total. The van der Waals surface area contributed by atoms with Crippen LogP contribution in [0, 0.1) is 5.92 Å². The second-order valence-electron chi connectivity index (χ2n) is 6.33. The summed E-state index contributed by atoms with van der Waals surface area (Å²) in [7, 11) is 0. The van der Waals surface area contributed by atoms with Crippen LogP contribution in [0.2, 0.25) is 0 Å². The number of aliphatic hydroxyl groups excluding tert-OH is 1. The molecule has 2 heteroatoms. The topological polar surface area (TPSA) is 32.3 Å². The quantitative estimate of drug-likeness (QED) is 0.852. The first kappa shape index (κ1) is 14.5. The highest BCUT2D eigenvalue weighted by molar-refractivity contribution is 5.19. The normalized spacial score (nSPS) is 29.1.